The Bertz CT molecular complexity index is 410. The van der Waals surface area contributed by atoms with E-state index in [1.54, 1.807) is 6.92 Å². The predicted octanol–water partition coefficient (Wildman–Crippen LogP) is 3.90. The number of amides is 1. The Morgan fingerprint density at radius 2 is 1.88 bits per heavy atom. The van der Waals surface area contributed by atoms with Gasteiger partial charge >= 0.3 is 0 Å². The van der Waals surface area contributed by atoms with Crippen molar-refractivity contribution in [3.05, 3.63) is 0 Å². The zero-order valence-electron chi connectivity index (χ0n) is 15.3. The topological polar surface area (TPSA) is 68.8 Å². The molecule has 4 unspecified atom stereocenters. The van der Waals surface area contributed by atoms with Gasteiger partial charge in [-0.2, -0.15) is 0 Å². The molecule has 2 rings (SSSR count). The van der Waals surface area contributed by atoms with Gasteiger partial charge < -0.3 is 4.74 Å². The second-order valence-electron chi connectivity index (χ2n) is 7.43. The number of rotatable bonds is 8. The molecule has 25 heavy (non-hydrogen) atoms. The average molecular weight is 395 g/mol. The van der Waals surface area contributed by atoms with Gasteiger partial charge in [0.2, 0.25) is 0 Å². The molecule has 0 radical (unpaired) electrons. The van der Waals surface area contributed by atoms with Gasteiger partial charge in [-0.3, -0.25) is 10.2 Å². The summed E-state index contributed by atoms with van der Waals surface area (Å²) in [4.78, 5) is 16.8. The maximum atomic E-state index is 12.0. The first-order valence-corrected chi connectivity index (χ1v) is 10.5. The summed E-state index contributed by atoms with van der Waals surface area (Å²) in [6, 6.07) is 0. The normalized spacial score (nSPS) is 34.5. The van der Waals surface area contributed by atoms with Crippen molar-refractivity contribution in [1.29, 1.82) is 0 Å². The number of carbonyl (C=O) groups excluding carboxylic acids is 1. The van der Waals surface area contributed by atoms with Crippen molar-refractivity contribution in [2.45, 2.75) is 88.6 Å². The summed E-state index contributed by atoms with van der Waals surface area (Å²) in [6.07, 6.45) is 6.93. The summed E-state index contributed by atoms with van der Waals surface area (Å²) in [6.45, 7) is 6.13. The largest absolute Gasteiger partial charge is 0.365 e. The van der Waals surface area contributed by atoms with Gasteiger partial charge in [-0.1, -0.05) is 19.4 Å². The molecule has 1 amide bonds. The van der Waals surface area contributed by atoms with E-state index in [-0.39, 0.29) is 17.4 Å². The highest BCUT2D eigenvalue weighted by atomic mass is 35.5. The molecule has 0 aromatic rings. The van der Waals surface area contributed by atoms with E-state index >= 15 is 0 Å². The van der Waals surface area contributed by atoms with Crippen molar-refractivity contribution < 1.29 is 18.9 Å². The molecule has 2 N–H and O–H groups in total. The maximum absolute atomic E-state index is 12.0. The van der Waals surface area contributed by atoms with Crippen LogP contribution in [0.3, 0.4) is 0 Å². The fourth-order valence-electron chi connectivity index (χ4n) is 3.37. The average Bonchev–Trinajstić information content (AvgIpc) is 2.59. The first-order valence-electron chi connectivity index (χ1n) is 9.29. The van der Waals surface area contributed by atoms with E-state index in [1.165, 1.54) is 24.9 Å². The number of halogens is 1. The summed E-state index contributed by atoms with van der Waals surface area (Å²) in [5.74, 6) is 0.922. The third kappa shape index (κ3) is 7.61. The van der Waals surface area contributed by atoms with Gasteiger partial charge in [0.1, 0.15) is 6.10 Å². The van der Waals surface area contributed by atoms with Crippen LogP contribution in [-0.4, -0.2) is 28.7 Å². The van der Waals surface area contributed by atoms with Crippen molar-refractivity contribution in [1.82, 2.24) is 11.0 Å². The lowest BCUT2D eigenvalue weighted by Gasteiger charge is -2.32. The van der Waals surface area contributed by atoms with Crippen LogP contribution in [0.1, 0.15) is 65.7 Å². The molecule has 0 aliphatic heterocycles. The number of hydrazine groups is 1. The molecular weight excluding hydrogens is 364 g/mol. The molecule has 2 aliphatic carbocycles. The van der Waals surface area contributed by atoms with Gasteiger partial charge in [0, 0.05) is 22.7 Å². The molecule has 0 saturated heterocycles. The SMILES string of the molecule is CC1CCC(SOONNC(=O)C(C)OC2CCC(Cl)C(C)C2)CC1. The van der Waals surface area contributed by atoms with Crippen LogP contribution in [0.4, 0.5) is 0 Å². The lowest BCUT2D eigenvalue weighted by molar-refractivity contribution is -0.257. The van der Waals surface area contributed by atoms with Gasteiger partial charge in [0.25, 0.3) is 5.91 Å². The molecule has 6 nitrogen and oxygen atoms in total. The van der Waals surface area contributed by atoms with E-state index in [9.17, 15) is 4.79 Å². The van der Waals surface area contributed by atoms with Crippen LogP contribution >= 0.6 is 23.6 Å². The third-order valence-corrected chi connectivity index (χ3v) is 6.71. The molecule has 2 saturated carbocycles. The second kappa shape index (κ2) is 10.9. The molecule has 0 heterocycles. The highest BCUT2D eigenvalue weighted by molar-refractivity contribution is 7.95. The van der Waals surface area contributed by atoms with Gasteiger partial charge in [-0.25, -0.2) is 0 Å². The quantitative estimate of drug-likeness (QED) is 0.214. The van der Waals surface area contributed by atoms with E-state index in [0.717, 1.165) is 38.0 Å². The van der Waals surface area contributed by atoms with Crippen LogP contribution in [-0.2, 0) is 18.9 Å². The van der Waals surface area contributed by atoms with E-state index in [2.05, 4.69) is 24.9 Å². The summed E-state index contributed by atoms with van der Waals surface area (Å²) in [5.41, 5.74) is 4.76. The van der Waals surface area contributed by atoms with E-state index in [1.807, 2.05) is 0 Å². The van der Waals surface area contributed by atoms with Crippen molar-refractivity contribution in [3.63, 3.8) is 0 Å². The smallest absolute Gasteiger partial charge is 0.264 e. The van der Waals surface area contributed by atoms with Gasteiger partial charge in [0.15, 0.2) is 0 Å². The maximum Gasteiger partial charge on any atom is 0.264 e. The third-order valence-electron chi connectivity index (χ3n) is 5.17. The Morgan fingerprint density at radius 3 is 2.56 bits per heavy atom. The Kier molecular flexibility index (Phi) is 9.30. The second-order valence-corrected chi connectivity index (χ2v) is 8.98. The summed E-state index contributed by atoms with van der Waals surface area (Å²) >= 11 is 7.52. The summed E-state index contributed by atoms with van der Waals surface area (Å²) in [5, 5.41) is 0.663. The Morgan fingerprint density at radius 1 is 1.16 bits per heavy atom. The number of hydrogen-bond acceptors (Lipinski definition) is 6. The van der Waals surface area contributed by atoms with Gasteiger partial charge in [-0.15, -0.1) is 20.9 Å². The van der Waals surface area contributed by atoms with E-state index < -0.39 is 6.10 Å². The molecule has 0 spiro atoms. The van der Waals surface area contributed by atoms with Crippen LogP contribution in [0.2, 0.25) is 0 Å². The molecule has 2 aliphatic rings. The Balaban J connectivity index is 1.52. The van der Waals surface area contributed by atoms with Crippen molar-refractivity contribution in [2.24, 2.45) is 11.8 Å². The Labute approximate surface area is 160 Å². The van der Waals surface area contributed by atoms with Crippen LogP contribution in [0, 0.1) is 11.8 Å². The predicted molar refractivity (Wildman–Crippen MR) is 99.5 cm³/mol. The molecule has 0 aromatic carbocycles. The number of carbonyl (C=O) groups is 1. The van der Waals surface area contributed by atoms with E-state index in [0.29, 0.717) is 11.2 Å². The number of ether oxygens (including phenoxy) is 1. The standard InChI is InChI=1S/C17H31ClN2O4S/c1-11-4-7-15(8-5-11)25-24-23-20-19-17(21)13(3)22-14-6-9-16(18)12(2)10-14/h11-16,20H,4-10H2,1-3H3,(H,19,21). The molecule has 0 bridgehead atoms. The monoisotopic (exact) mass is 394 g/mol. The van der Waals surface area contributed by atoms with Crippen LogP contribution in [0.5, 0.6) is 0 Å². The molecule has 4 atom stereocenters. The minimum atomic E-state index is -0.562. The highest BCUT2D eigenvalue weighted by Gasteiger charge is 2.29. The number of alkyl halides is 1. The zero-order chi connectivity index (χ0) is 18.2. The molecule has 2 fully saturated rings. The Hall–Kier alpha value is -0.0500. The van der Waals surface area contributed by atoms with Crippen molar-refractivity contribution >= 4 is 29.6 Å². The highest BCUT2D eigenvalue weighted by Crippen LogP contribution is 2.32. The number of nitrogens with one attached hydrogen (secondary N) is 2. The van der Waals surface area contributed by atoms with E-state index in [4.69, 9.17) is 25.7 Å². The first-order chi connectivity index (χ1) is 12.0. The molecular formula is C17H31ClN2O4S. The minimum absolute atomic E-state index is 0.0761. The molecule has 0 aromatic heterocycles. The lowest BCUT2D eigenvalue weighted by atomic mass is 9.88. The molecule has 8 heteroatoms. The zero-order valence-corrected chi connectivity index (χ0v) is 16.9. The van der Waals surface area contributed by atoms with Crippen LogP contribution in [0.15, 0.2) is 0 Å². The van der Waals surface area contributed by atoms with Gasteiger partial charge in [0.05, 0.1) is 6.10 Å². The van der Waals surface area contributed by atoms with Crippen molar-refractivity contribution in [2.75, 3.05) is 0 Å². The summed E-state index contributed by atoms with van der Waals surface area (Å²) < 4.78 is 10.9. The van der Waals surface area contributed by atoms with Gasteiger partial charge in [-0.05, 0) is 63.7 Å². The van der Waals surface area contributed by atoms with Crippen LogP contribution in [0.25, 0.3) is 0 Å². The number of hydrogen-bond donors (Lipinski definition) is 2. The summed E-state index contributed by atoms with van der Waals surface area (Å²) in [7, 11) is 0. The lowest BCUT2D eigenvalue weighted by Crippen LogP contribution is -2.45. The fourth-order valence-corrected chi connectivity index (χ4v) is 4.25. The first kappa shape index (κ1) is 21.3. The van der Waals surface area contributed by atoms with Crippen LogP contribution < -0.4 is 11.0 Å². The van der Waals surface area contributed by atoms with Crippen molar-refractivity contribution in [3.8, 4) is 0 Å². The molecule has 146 valence electrons. The fraction of sp³-hybridized carbons (Fsp3) is 0.941. The minimum Gasteiger partial charge on any atom is -0.365 e.